The summed E-state index contributed by atoms with van der Waals surface area (Å²) in [4.78, 5) is 15.0. The zero-order chi connectivity index (χ0) is 15.7. The van der Waals surface area contributed by atoms with Crippen LogP contribution in [0.3, 0.4) is 0 Å². The zero-order valence-electron chi connectivity index (χ0n) is 13.1. The van der Waals surface area contributed by atoms with Crippen LogP contribution < -0.4 is 0 Å². The summed E-state index contributed by atoms with van der Waals surface area (Å²) in [6.07, 6.45) is 0.791. The Morgan fingerprint density at radius 2 is 1.73 bits per heavy atom. The average Bonchev–Trinajstić information content (AvgIpc) is 2.87. The van der Waals surface area contributed by atoms with E-state index >= 15 is 0 Å². The van der Waals surface area contributed by atoms with E-state index in [4.69, 9.17) is 0 Å². The van der Waals surface area contributed by atoms with Gasteiger partial charge < -0.3 is 4.90 Å². The molecule has 2 nitrogen and oxygen atoms in total. The van der Waals surface area contributed by atoms with Gasteiger partial charge in [0.1, 0.15) is 0 Å². The summed E-state index contributed by atoms with van der Waals surface area (Å²) < 4.78 is 1.18. The van der Waals surface area contributed by atoms with Crippen LogP contribution in [-0.4, -0.2) is 24.9 Å². The van der Waals surface area contributed by atoms with Crippen molar-refractivity contribution in [3.05, 3.63) is 70.1 Å². The standard InChI is InChI=1S/C19H19NOS/c1-13-8-10-14(11-9-13)12-16-15-6-4-5-7-17(15)22-18(16)19(21)20(2)3/h4-11H,12H2,1-3H3. The van der Waals surface area contributed by atoms with Gasteiger partial charge in [-0.1, -0.05) is 48.0 Å². The quantitative estimate of drug-likeness (QED) is 0.697. The Kier molecular flexibility index (Phi) is 3.99. The van der Waals surface area contributed by atoms with E-state index in [-0.39, 0.29) is 5.91 Å². The van der Waals surface area contributed by atoms with Gasteiger partial charge in [0.25, 0.3) is 5.91 Å². The number of rotatable bonds is 3. The van der Waals surface area contributed by atoms with Crippen LogP contribution in [0.5, 0.6) is 0 Å². The number of carbonyl (C=O) groups excluding carboxylic acids is 1. The molecule has 3 aromatic rings. The third kappa shape index (κ3) is 2.77. The number of carbonyl (C=O) groups is 1. The Balaban J connectivity index is 2.11. The van der Waals surface area contributed by atoms with Crippen molar-refractivity contribution in [1.82, 2.24) is 4.90 Å². The summed E-state index contributed by atoms with van der Waals surface area (Å²) in [5.41, 5.74) is 3.63. The first-order valence-corrected chi connectivity index (χ1v) is 8.15. The first-order chi connectivity index (χ1) is 10.6. The van der Waals surface area contributed by atoms with Crippen LogP contribution in [0.1, 0.15) is 26.4 Å². The predicted octanol–water partition coefficient (Wildman–Crippen LogP) is 4.50. The van der Waals surface area contributed by atoms with Gasteiger partial charge in [-0.05, 0) is 35.9 Å². The first kappa shape index (κ1) is 14.8. The fourth-order valence-electron chi connectivity index (χ4n) is 2.56. The number of amides is 1. The summed E-state index contributed by atoms with van der Waals surface area (Å²) >= 11 is 1.59. The van der Waals surface area contributed by atoms with E-state index < -0.39 is 0 Å². The lowest BCUT2D eigenvalue weighted by molar-refractivity contribution is 0.0831. The maximum atomic E-state index is 12.5. The number of hydrogen-bond donors (Lipinski definition) is 0. The second kappa shape index (κ2) is 5.93. The van der Waals surface area contributed by atoms with Gasteiger partial charge in [-0.25, -0.2) is 0 Å². The van der Waals surface area contributed by atoms with E-state index in [1.54, 1.807) is 16.2 Å². The topological polar surface area (TPSA) is 20.3 Å². The Labute approximate surface area is 135 Å². The molecule has 0 fully saturated rings. The molecule has 112 valence electrons. The van der Waals surface area contributed by atoms with Crippen molar-refractivity contribution in [3.63, 3.8) is 0 Å². The Morgan fingerprint density at radius 3 is 2.41 bits per heavy atom. The van der Waals surface area contributed by atoms with Crippen LogP contribution in [0, 0.1) is 6.92 Å². The van der Waals surface area contributed by atoms with Crippen molar-refractivity contribution in [2.75, 3.05) is 14.1 Å². The molecular weight excluding hydrogens is 290 g/mol. The molecule has 0 aliphatic carbocycles. The van der Waals surface area contributed by atoms with Crippen LogP contribution in [0.2, 0.25) is 0 Å². The van der Waals surface area contributed by atoms with E-state index in [0.29, 0.717) is 0 Å². The highest BCUT2D eigenvalue weighted by Crippen LogP contribution is 2.33. The van der Waals surface area contributed by atoms with Gasteiger partial charge in [0.15, 0.2) is 0 Å². The minimum absolute atomic E-state index is 0.0864. The SMILES string of the molecule is Cc1ccc(Cc2c(C(=O)N(C)C)sc3ccccc23)cc1. The maximum absolute atomic E-state index is 12.5. The highest BCUT2D eigenvalue weighted by molar-refractivity contribution is 7.21. The molecule has 0 saturated heterocycles. The first-order valence-electron chi connectivity index (χ1n) is 7.34. The molecule has 0 N–H and O–H groups in total. The highest BCUT2D eigenvalue weighted by atomic mass is 32.1. The van der Waals surface area contributed by atoms with Gasteiger partial charge in [0, 0.05) is 18.8 Å². The molecule has 1 amide bonds. The van der Waals surface area contributed by atoms with Crippen LogP contribution >= 0.6 is 11.3 Å². The van der Waals surface area contributed by atoms with Gasteiger partial charge >= 0.3 is 0 Å². The smallest absolute Gasteiger partial charge is 0.263 e. The van der Waals surface area contributed by atoms with E-state index in [1.807, 2.05) is 26.2 Å². The third-order valence-electron chi connectivity index (χ3n) is 3.80. The van der Waals surface area contributed by atoms with Gasteiger partial charge in [0.2, 0.25) is 0 Å². The molecule has 1 aromatic heterocycles. The molecule has 0 atom stereocenters. The predicted molar refractivity (Wildman–Crippen MR) is 93.8 cm³/mol. The highest BCUT2D eigenvalue weighted by Gasteiger charge is 2.19. The van der Waals surface area contributed by atoms with Crippen molar-refractivity contribution < 1.29 is 4.79 Å². The van der Waals surface area contributed by atoms with Crippen molar-refractivity contribution in [2.24, 2.45) is 0 Å². The van der Waals surface area contributed by atoms with Crippen LogP contribution in [0.25, 0.3) is 10.1 Å². The number of hydrogen-bond acceptors (Lipinski definition) is 2. The van der Waals surface area contributed by atoms with Gasteiger partial charge in [-0.3, -0.25) is 4.79 Å². The summed E-state index contributed by atoms with van der Waals surface area (Å²) in [5, 5.41) is 1.19. The van der Waals surface area contributed by atoms with E-state index in [2.05, 4.69) is 43.3 Å². The van der Waals surface area contributed by atoms with Crippen LogP contribution in [-0.2, 0) is 6.42 Å². The summed E-state index contributed by atoms with van der Waals surface area (Å²) in [6.45, 7) is 2.09. The minimum atomic E-state index is 0.0864. The minimum Gasteiger partial charge on any atom is -0.344 e. The van der Waals surface area contributed by atoms with Gasteiger partial charge in [-0.2, -0.15) is 0 Å². The Morgan fingerprint density at radius 1 is 1.05 bits per heavy atom. The van der Waals surface area contributed by atoms with Crippen molar-refractivity contribution >= 4 is 27.3 Å². The second-order valence-corrected chi connectivity index (χ2v) is 6.82. The molecule has 1 heterocycles. The van der Waals surface area contributed by atoms with Crippen molar-refractivity contribution in [3.8, 4) is 0 Å². The molecule has 0 radical (unpaired) electrons. The van der Waals surface area contributed by atoms with Crippen LogP contribution in [0.15, 0.2) is 48.5 Å². The Hall–Kier alpha value is -2.13. The lowest BCUT2D eigenvalue weighted by Gasteiger charge is -2.11. The number of nitrogens with zero attached hydrogens (tertiary/aromatic N) is 1. The zero-order valence-corrected chi connectivity index (χ0v) is 13.9. The van der Waals surface area contributed by atoms with E-state index in [9.17, 15) is 4.79 Å². The fraction of sp³-hybridized carbons (Fsp3) is 0.211. The van der Waals surface area contributed by atoms with Crippen molar-refractivity contribution in [1.29, 1.82) is 0 Å². The number of thiophene rings is 1. The largest absolute Gasteiger partial charge is 0.344 e. The lowest BCUT2D eigenvalue weighted by atomic mass is 10.0. The number of benzene rings is 2. The molecule has 3 rings (SSSR count). The molecule has 0 bridgehead atoms. The van der Waals surface area contributed by atoms with Crippen molar-refractivity contribution in [2.45, 2.75) is 13.3 Å². The third-order valence-corrected chi connectivity index (χ3v) is 5.00. The lowest BCUT2D eigenvalue weighted by Crippen LogP contribution is -2.21. The number of fused-ring (bicyclic) bond motifs is 1. The summed E-state index contributed by atoms with van der Waals surface area (Å²) in [6, 6.07) is 16.8. The molecule has 0 aliphatic heterocycles. The maximum Gasteiger partial charge on any atom is 0.263 e. The fourth-order valence-corrected chi connectivity index (χ4v) is 3.80. The number of aryl methyl sites for hydroxylation is 1. The van der Waals surface area contributed by atoms with Gasteiger partial charge in [0.05, 0.1) is 4.88 Å². The summed E-state index contributed by atoms with van der Waals surface area (Å²) in [5.74, 6) is 0.0864. The summed E-state index contributed by atoms with van der Waals surface area (Å²) in [7, 11) is 3.62. The monoisotopic (exact) mass is 309 g/mol. The van der Waals surface area contributed by atoms with Crippen LogP contribution in [0.4, 0.5) is 0 Å². The molecule has 22 heavy (non-hydrogen) atoms. The Bertz CT molecular complexity index is 815. The second-order valence-electron chi connectivity index (χ2n) is 5.77. The van der Waals surface area contributed by atoms with E-state index in [0.717, 1.165) is 16.9 Å². The molecule has 3 heteroatoms. The molecule has 0 aliphatic rings. The molecule has 0 saturated carbocycles. The molecule has 2 aromatic carbocycles. The normalized spacial score (nSPS) is 10.9. The van der Waals surface area contributed by atoms with Gasteiger partial charge in [-0.15, -0.1) is 11.3 Å². The average molecular weight is 309 g/mol. The molecule has 0 spiro atoms. The molecular formula is C19H19NOS. The molecule has 0 unspecified atom stereocenters. The van der Waals surface area contributed by atoms with E-state index in [1.165, 1.54) is 21.2 Å².